The van der Waals surface area contributed by atoms with Gasteiger partial charge in [-0.25, -0.2) is 8.78 Å². The zero-order chi connectivity index (χ0) is 29.5. The van der Waals surface area contributed by atoms with E-state index in [-0.39, 0.29) is 35.7 Å². The molecule has 1 saturated carbocycles. The number of halogens is 2. The highest BCUT2D eigenvalue weighted by atomic mass is 19.1. The maximum Gasteiger partial charge on any atom is 0.240 e. The van der Waals surface area contributed by atoms with Gasteiger partial charge in [-0.05, 0) is 57.9 Å². The van der Waals surface area contributed by atoms with Crippen molar-refractivity contribution < 1.29 is 18.4 Å². The number of carbonyl (C=O) groups excluding carboxylic acids is 2. The summed E-state index contributed by atoms with van der Waals surface area (Å²) in [6.07, 6.45) is 2.12. The van der Waals surface area contributed by atoms with Gasteiger partial charge in [0.2, 0.25) is 11.8 Å². The number of nitrogens with two attached hydrogens (primary N) is 2. The van der Waals surface area contributed by atoms with Gasteiger partial charge in [0.25, 0.3) is 0 Å². The molecule has 4 fully saturated rings. The average molecular weight is 581 g/mol. The summed E-state index contributed by atoms with van der Waals surface area (Å²) in [5.41, 5.74) is 12.1. The predicted molar refractivity (Wildman–Crippen MR) is 155 cm³/mol. The van der Waals surface area contributed by atoms with E-state index in [1.807, 2.05) is 11.8 Å². The van der Waals surface area contributed by atoms with Crippen molar-refractivity contribution in [2.75, 3.05) is 45.8 Å². The van der Waals surface area contributed by atoms with Crippen LogP contribution in [-0.4, -0.2) is 127 Å². The second-order valence-corrected chi connectivity index (χ2v) is 13.3. The van der Waals surface area contributed by atoms with Gasteiger partial charge in [-0.2, -0.15) is 0 Å². The average Bonchev–Trinajstić information content (AvgIpc) is 3.47. The molecule has 2 amide bonds. The number of hydrogen-bond donors (Lipinski definition) is 4. The molecule has 12 heteroatoms. The van der Waals surface area contributed by atoms with Gasteiger partial charge >= 0.3 is 0 Å². The number of likely N-dealkylation sites (tertiary alicyclic amines) is 1. The van der Waals surface area contributed by atoms with E-state index in [1.165, 1.54) is 6.21 Å². The number of carbonyl (C=O) groups is 2. The lowest BCUT2D eigenvalue weighted by atomic mass is 9.84. The summed E-state index contributed by atoms with van der Waals surface area (Å²) in [6.45, 7) is 10.0. The number of hydrogen-bond acceptors (Lipinski definition) is 8. The van der Waals surface area contributed by atoms with Crippen LogP contribution >= 0.6 is 0 Å². The number of rotatable bonds is 8. The molecular formula is C29H50F2N8O2. The van der Waals surface area contributed by atoms with E-state index in [2.05, 4.69) is 39.3 Å². The van der Waals surface area contributed by atoms with Crippen LogP contribution in [0.4, 0.5) is 8.78 Å². The Balaban J connectivity index is 1.23. The van der Waals surface area contributed by atoms with Crippen molar-refractivity contribution in [1.82, 2.24) is 25.3 Å². The predicted octanol–water partition coefficient (Wildman–Crippen LogP) is 0.255. The second kappa shape index (κ2) is 12.5. The van der Waals surface area contributed by atoms with E-state index in [9.17, 15) is 14.0 Å². The number of amides is 2. The molecule has 0 spiro atoms. The fourth-order valence-corrected chi connectivity index (χ4v) is 8.10. The second-order valence-electron chi connectivity index (χ2n) is 13.3. The lowest BCUT2D eigenvalue weighted by molar-refractivity contribution is -0.139. The summed E-state index contributed by atoms with van der Waals surface area (Å²) in [4.78, 5) is 37.8. The van der Waals surface area contributed by atoms with E-state index >= 15 is 4.39 Å². The third-order valence-electron chi connectivity index (χ3n) is 10.6. The van der Waals surface area contributed by atoms with Crippen LogP contribution in [0.25, 0.3) is 0 Å². The summed E-state index contributed by atoms with van der Waals surface area (Å²) >= 11 is 0. The van der Waals surface area contributed by atoms with Gasteiger partial charge in [-0.3, -0.25) is 24.4 Å². The summed E-state index contributed by atoms with van der Waals surface area (Å²) < 4.78 is 30.1. The van der Waals surface area contributed by atoms with Crippen molar-refractivity contribution in [2.45, 2.75) is 102 Å². The molecule has 232 valence electrons. The first kappa shape index (κ1) is 30.7. The van der Waals surface area contributed by atoms with Crippen molar-refractivity contribution in [3.8, 4) is 0 Å². The number of fused-ring (bicyclic) bond motifs is 1. The molecule has 0 aromatic carbocycles. The highest BCUT2D eigenvalue weighted by molar-refractivity contribution is 5.82. The van der Waals surface area contributed by atoms with E-state index < -0.39 is 42.6 Å². The van der Waals surface area contributed by atoms with Crippen molar-refractivity contribution in [3.63, 3.8) is 0 Å². The Morgan fingerprint density at radius 3 is 2.51 bits per heavy atom. The largest absolute Gasteiger partial charge is 0.350 e. The standard InChI is InChI=1S/C29H50F2N8O2/c1-4-29-12-18(29)19(30)15-35-21(13-29)24(26(32)33)27(40)36-22-16-34-14-20(31)25(22)37-8-10-38(11-9-37)28(41)23-6-5-7-39(23)17(2)3/h15,17-26,34H,4-14,16,32-33H2,1-3H3,(H,36,40)/t18-,19?,20?,21?,22?,23?,24?,25?,29?/m0/s1. The monoisotopic (exact) mass is 580 g/mol. The molecule has 1 aliphatic carbocycles. The third-order valence-corrected chi connectivity index (χ3v) is 10.6. The highest BCUT2D eigenvalue weighted by Crippen LogP contribution is 2.62. The number of alkyl halides is 2. The molecule has 5 rings (SSSR count). The van der Waals surface area contributed by atoms with Crippen LogP contribution in [0.3, 0.4) is 0 Å². The van der Waals surface area contributed by atoms with E-state index in [0.717, 1.165) is 32.2 Å². The van der Waals surface area contributed by atoms with Crippen molar-refractivity contribution in [3.05, 3.63) is 0 Å². The molecule has 4 aliphatic heterocycles. The third kappa shape index (κ3) is 6.18. The van der Waals surface area contributed by atoms with Gasteiger partial charge in [-0.15, -0.1) is 0 Å². The van der Waals surface area contributed by atoms with Crippen LogP contribution < -0.4 is 22.1 Å². The van der Waals surface area contributed by atoms with Crippen LogP contribution in [0.2, 0.25) is 0 Å². The Hall–Kier alpha value is -1.73. The lowest BCUT2D eigenvalue weighted by Crippen LogP contribution is -2.68. The Morgan fingerprint density at radius 2 is 1.85 bits per heavy atom. The zero-order valence-corrected chi connectivity index (χ0v) is 24.9. The highest BCUT2D eigenvalue weighted by Gasteiger charge is 2.59. The minimum atomic E-state index is -1.19. The van der Waals surface area contributed by atoms with Gasteiger partial charge in [0.05, 0.1) is 36.3 Å². The Kier molecular flexibility index (Phi) is 9.35. The summed E-state index contributed by atoms with van der Waals surface area (Å²) in [5.74, 6) is -1.10. The first-order valence-corrected chi connectivity index (χ1v) is 15.7. The molecule has 5 aliphatic rings. The zero-order valence-electron chi connectivity index (χ0n) is 24.9. The molecule has 0 bridgehead atoms. The van der Waals surface area contributed by atoms with Crippen molar-refractivity contribution in [2.24, 2.45) is 33.7 Å². The minimum Gasteiger partial charge on any atom is -0.350 e. The first-order valence-electron chi connectivity index (χ1n) is 15.7. The fourth-order valence-electron chi connectivity index (χ4n) is 8.10. The van der Waals surface area contributed by atoms with Gasteiger partial charge < -0.3 is 27.0 Å². The van der Waals surface area contributed by atoms with Gasteiger partial charge in [-0.1, -0.05) is 6.92 Å². The van der Waals surface area contributed by atoms with Crippen LogP contribution in [0.1, 0.15) is 52.9 Å². The minimum absolute atomic E-state index is 0.0640. The molecule has 0 radical (unpaired) electrons. The van der Waals surface area contributed by atoms with Crippen LogP contribution in [0.5, 0.6) is 0 Å². The van der Waals surface area contributed by atoms with Gasteiger partial charge in [0.1, 0.15) is 12.3 Å². The smallest absolute Gasteiger partial charge is 0.240 e. The Morgan fingerprint density at radius 1 is 1.12 bits per heavy atom. The molecule has 6 N–H and O–H groups in total. The molecule has 41 heavy (non-hydrogen) atoms. The SMILES string of the molecule is CCC12CC(C(C(=O)NC3CNCC(F)C3N3CCN(C(=O)C4CCCN4C(C)C)CC3)C(N)N)N=CC(F)[C@@H]1C2. The maximum absolute atomic E-state index is 15.5. The molecule has 4 heterocycles. The molecule has 0 aromatic rings. The molecule has 8 unspecified atom stereocenters. The van der Waals surface area contributed by atoms with Crippen LogP contribution in [0.15, 0.2) is 4.99 Å². The summed E-state index contributed by atoms with van der Waals surface area (Å²) in [5, 5.41) is 6.17. The number of aliphatic imine (C=N–C) groups is 1. The van der Waals surface area contributed by atoms with Crippen LogP contribution in [0, 0.1) is 17.3 Å². The number of piperazine rings is 1. The Labute approximate surface area is 243 Å². The Bertz CT molecular complexity index is 976. The lowest BCUT2D eigenvalue weighted by Gasteiger charge is -2.46. The number of piperidine rings is 1. The molecule has 9 atom stereocenters. The van der Waals surface area contributed by atoms with E-state index in [0.29, 0.717) is 45.2 Å². The summed E-state index contributed by atoms with van der Waals surface area (Å²) in [7, 11) is 0. The topological polar surface area (TPSA) is 132 Å². The van der Waals surface area contributed by atoms with Gasteiger partial charge in [0.15, 0.2) is 0 Å². The van der Waals surface area contributed by atoms with E-state index in [4.69, 9.17) is 11.5 Å². The molecule has 10 nitrogen and oxygen atoms in total. The van der Waals surface area contributed by atoms with Crippen molar-refractivity contribution in [1.29, 1.82) is 0 Å². The summed E-state index contributed by atoms with van der Waals surface area (Å²) in [6, 6.07) is -1.31. The van der Waals surface area contributed by atoms with E-state index in [1.54, 1.807) is 0 Å². The first-order chi connectivity index (χ1) is 19.6. The molecular weight excluding hydrogens is 530 g/mol. The van der Waals surface area contributed by atoms with Crippen LogP contribution in [-0.2, 0) is 9.59 Å². The molecule has 0 aromatic heterocycles. The maximum atomic E-state index is 15.5. The number of nitrogens with one attached hydrogen (secondary N) is 2. The van der Waals surface area contributed by atoms with Crippen molar-refractivity contribution >= 4 is 18.0 Å². The number of nitrogens with zero attached hydrogens (tertiary/aromatic N) is 4. The molecule has 3 saturated heterocycles. The fraction of sp³-hybridized carbons (Fsp3) is 0.897. The quantitative estimate of drug-likeness (QED) is 0.303. The van der Waals surface area contributed by atoms with Gasteiger partial charge in [0, 0.05) is 57.4 Å². The normalized spacial score (nSPS) is 39.0.